The first-order chi connectivity index (χ1) is 6.70. The van der Waals surface area contributed by atoms with Crippen LogP contribution >= 0.6 is 11.6 Å². The minimum Gasteiger partial charge on any atom is -0.313 e. The lowest BCUT2D eigenvalue weighted by atomic mass is 9.94. The Hall–Kier alpha value is -0.600. The minimum atomic E-state index is -0.236. The Morgan fingerprint density at radius 3 is 3.07 bits per heavy atom. The number of hydrogen-bond acceptors (Lipinski definition) is 1. The van der Waals surface area contributed by atoms with Crippen molar-refractivity contribution in [2.24, 2.45) is 0 Å². The number of halogens is 2. The fourth-order valence-corrected chi connectivity index (χ4v) is 2.14. The van der Waals surface area contributed by atoms with Crippen molar-refractivity contribution in [1.82, 2.24) is 5.32 Å². The van der Waals surface area contributed by atoms with Gasteiger partial charge in [0.15, 0.2) is 0 Å². The summed E-state index contributed by atoms with van der Waals surface area (Å²) in [4.78, 5) is 0. The Bertz CT molecular complexity index is 351. The van der Waals surface area contributed by atoms with Crippen LogP contribution < -0.4 is 5.32 Å². The molecule has 0 fully saturated rings. The Morgan fingerprint density at radius 1 is 1.50 bits per heavy atom. The molecular formula is C11H13ClFN. The molecule has 0 unspecified atom stereocenters. The van der Waals surface area contributed by atoms with Gasteiger partial charge in [-0.1, -0.05) is 24.6 Å². The predicted molar refractivity (Wildman–Crippen MR) is 56.1 cm³/mol. The molecule has 2 rings (SSSR count). The molecule has 0 aliphatic carbocycles. The highest BCUT2D eigenvalue weighted by molar-refractivity contribution is 6.30. The van der Waals surface area contributed by atoms with E-state index in [2.05, 4.69) is 5.32 Å². The van der Waals surface area contributed by atoms with Crippen molar-refractivity contribution >= 4 is 11.6 Å². The van der Waals surface area contributed by atoms with Crippen LogP contribution in [0.3, 0.4) is 0 Å². The van der Waals surface area contributed by atoms with E-state index in [0.29, 0.717) is 0 Å². The van der Waals surface area contributed by atoms with E-state index in [1.54, 1.807) is 6.07 Å². The molecule has 3 heteroatoms. The summed E-state index contributed by atoms with van der Waals surface area (Å²) in [6.45, 7) is 3.73. The third-order valence-electron chi connectivity index (χ3n) is 2.79. The summed E-state index contributed by atoms with van der Waals surface area (Å²) in [6, 6.07) is 3.55. The summed E-state index contributed by atoms with van der Waals surface area (Å²) in [7, 11) is 0. The second kappa shape index (κ2) is 3.87. The summed E-state index contributed by atoms with van der Waals surface area (Å²) in [5, 5.41) is 3.50. The highest BCUT2D eigenvalue weighted by atomic mass is 35.5. The number of benzene rings is 1. The molecule has 0 amide bonds. The van der Waals surface area contributed by atoms with Gasteiger partial charge in [-0.05, 0) is 36.1 Å². The zero-order valence-corrected chi connectivity index (χ0v) is 8.87. The van der Waals surface area contributed by atoms with Crippen molar-refractivity contribution in [3.8, 4) is 0 Å². The lowest BCUT2D eigenvalue weighted by Gasteiger charge is -2.13. The van der Waals surface area contributed by atoms with Crippen LogP contribution in [0.1, 0.15) is 30.4 Å². The summed E-state index contributed by atoms with van der Waals surface area (Å²) < 4.78 is 13.8. The van der Waals surface area contributed by atoms with Gasteiger partial charge >= 0.3 is 0 Å². The molecule has 0 aromatic heterocycles. The maximum Gasteiger partial charge on any atom is 0.145 e. The van der Waals surface area contributed by atoms with Gasteiger partial charge in [0.05, 0.1) is 5.02 Å². The SMILES string of the molecule is C[C@@H]1CCNCc2ccc(Cl)c(F)c21. The largest absolute Gasteiger partial charge is 0.313 e. The van der Waals surface area contributed by atoms with Crippen LogP contribution in [-0.2, 0) is 6.54 Å². The van der Waals surface area contributed by atoms with E-state index >= 15 is 0 Å². The van der Waals surface area contributed by atoms with E-state index in [9.17, 15) is 4.39 Å². The molecule has 1 aromatic rings. The second-order valence-electron chi connectivity index (χ2n) is 3.80. The molecule has 0 radical (unpaired) electrons. The molecule has 14 heavy (non-hydrogen) atoms. The zero-order chi connectivity index (χ0) is 10.1. The molecule has 1 aliphatic heterocycles. The van der Waals surface area contributed by atoms with Crippen LogP contribution in [0.2, 0.25) is 5.02 Å². The molecular weight excluding hydrogens is 201 g/mol. The van der Waals surface area contributed by atoms with Crippen LogP contribution in [0.4, 0.5) is 4.39 Å². The van der Waals surface area contributed by atoms with Crippen LogP contribution in [0.5, 0.6) is 0 Å². The van der Waals surface area contributed by atoms with Crippen molar-refractivity contribution in [2.45, 2.75) is 25.8 Å². The Labute approximate surface area is 88.3 Å². The van der Waals surface area contributed by atoms with Crippen LogP contribution in [0.15, 0.2) is 12.1 Å². The zero-order valence-electron chi connectivity index (χ0n) is 8.11. The van der Waals surface area contributed by atoms with E-state index in [1.165, 1.54) is 0 Å². The van der Waals surface area contributed by atoms with Gasteiger partial charge in [0, 0.05) is 6.54 Å². The lowest BCUT2D eigenvalue weighted by molar-refractivity contribution is 0.575. The summed E-state index contributed by atoms with van der Waals surface area (Å²) in [5.41, 5.74) is 1.83. The lowest BCUT2D eigenvalue weighted by Crippen LogP contribution is -2.12. The van der Waals surface area contributed by atoms with Gasteiger partial charge in [0.25, 0.3) is 0 Å². The molecule has 76 valence electrons. The fraction of sp³-hybridized carbons (Fsp3) is 0.455. The Morgan fingerprint density at radius 2 is 2.29 bits per heavy atom. The summed E-state index contributed by atoms with van der Waals surface area (Å²) >= 11 is 5.77. The Kier molecular flexibility index (Phi) is 2.75. The van der Waals surface area contributed by atoms with Gasteiger partial charge in [0.1, 0.15) is 5.82 Å². The van der Waals surface area contributed by atoms with Crippen molar-refractivity contribution in [2.75, 3.05) is 6.54 Å². The fourth-order valence-electron chi connectivity index (χ4n) is 1.98. The van der Waals surface area contributed by atoms with Crippen LogP contribution in [-0.4, -0.2) is 6.54 Å². The van der Waals surface area contributed by atoms with Gasteiger partial charge in [-0.2, -0.15) is 0 Å². The van der Waals surface area contributed by atoms with Crippen LogP contribution in [0.25, 0.3) is 0 Å². The maximum atomic E-state index is 13.8. The second-order valence-corrected chi connectivity index (χ2v) is 4.21. The third-order valence-corrected chi connectivity index (χ3v) is 3.08. The molecule has 1 aromatic carbocycles. The molecule has 0 saturated heterocycles. The predicted octanol–water partition coefficient (Wildman–Crippen LogP) is 3.08. The van der Waals surface area contributed by atoms with Crippen molar-refractivity contribution < 1.29 is 4.39 Å². The van der Waals surface area contributed by atoms with Crippen molar-refractivity contribution in [1.29, 1.82) is 0 Å². The van der Waals surface area contributed by atoms with Gasteiger partial charge in [0.2, 0.25) is 0 Å². The topological polar surface area (TPSA) is 12.0 Å². The smallest absolute Gasteiger partial charge is 0.145 e. The molecule has 0 spiro atoms. The highest BCUT2D eigenvalue weighted by Crippen LogP contribution is 2.31. The number of fused-ring (bicyclic) bond motifs is 1. The first kappa shape index (κ1) is 9.94. The average Bonchev–Trinajstić information content (AvgIpc) is 2.35. The molecule has 1 N–H and O–H groups in total. The number of nitrogens with one attached hydrogen (secondary N) is 1. The van der Waals surface area contributed by atoms with E-state index in [1.807, 2.05) is 13.0 Å². The van der Waals surface area contributed by atoms with E-state index in [-0.39, 0.29) is 16.8 Å². The normalized spacial score (nSPS) is 21.5. The molecule has 1 heterocycles. The minimum absolute atomic E-state index is 0.234. The van der Waals surface area contributed by atoms with E-state index in [4.69, 9.17) is 11.6 Å². The highest BCUT2D eigenvalue weighted by Gasteiger charge is 2.20. The first-order valence-electron chi connectivity index (χ1n) is 4.87. The average molecular weight is 214 g/mol. The summed E-state index contributed by atoms with van der Waals surface area (Å²) in [6.07, 6.45) is 0.963. The maximum absolute atomic E-state index is 13.8. The van der Waals surface area contributed by atoms with Crippen molar-refractivity contribution in [3.05, 3.63) is 34.1 Å². The standard InChI is InChI=1S/C11H13ClFN/c1-7-4-5-14-6-8-2-3-9(12)11(13)10(7)8/h2-3,7,14H,4-6H2,1H3/t7-/m1/s1. The number of hydrogen-bond donors (Lipinski definition) is 1. The Balaban J connectivity index is 2.54. The summed E-state index contributed by atoms with van der Waals surface area (Å²) in [5.74, 6) is 0.0130. The molecule has 1 atom stereocenters. The van der Waals surface area contributed by atoms with E-state index < -0.39 is 0 Å². The molecule has 1 nitrogen and oxygen atoms in total. The first-order valence-corrected chi connectivity index (χ1v) is 5.25. The molecule has 0 bridgehead atoms. The number of rotatable bonds is 0. The third kappa shape index (κ3) is 1.64. The van der Waals surface area contributed by atoms with Gasteiger partial charge in [-0.3, -0.25) is 0 Å². The van der Waals surface area contributed by atoms with Gasteiger partial charge in [-0.25, -0.2) is 4.39 Å². The molecule has 1 aliphatic rings. The molecule has 0 saturated carbocycles. The van der Waals surface area contributed by atoms with Crippen LogP contribution in [0, 0.1) is 5.82 Å². The van der Waals surface area contributed by atoms with E-state index in [0.717, 1.165) is 30.6 Å². The van der Waals surface area contributed by atoms with Gasteiger partial charge < -0.3 is 5.32 Å². The van der Waals surface area contributed by atoms with Gasteiger partial charge in [-0.15, -0.1) is 0 Å². The monoisotopic (exact) mass is 213 g/mol. The van der Waals surface area contributed by atoms with Crippen molar-refractivity contribution in [3.63, 3.8) is 0 Å². The quantitative estimate of drug-likeness (QED) is 0.699.